The van der Waals surface area contributed by atoms with E-state index >= 15 is 0 Å². The lowest BCUT2D eigenvalue weighted by Crippen LogP contribution is -2.37. The van der Waals surface area contributed by atoms with Gasteiger partial charge in [-0.05, 0) is 26.0 Å². The SMILES string of the molecule is CC1(C)O[C@H]2O[C@H](CS(=O)(=O)c3nc4ccccc4s3)[C@H](O)[C@H]2O1. The third-order valence-corrected chi connectivity index (χ3v) is 7.27. The molecule has 2 aliphatic rings. The number of nitrogens with zero attached hydrogens (tertiary/aromatic N) is 1. The van der Waals surface area contributed by atoms with E-state index in [1.165, 1.54) is 0 Å². The van der Waals surface area contributed by atoms with Crippen LogP contribution in [0.1, 0.15) is 13.8 Å². The summed E-state index contributed by atoms with van der Waals surface area (Å²) in [6.45, 7) is 3.43. The molecule has 0 unspecified atom stereocenters. The van der Waals surface area contributed by atoms with Gasteiger partial charge in [0.1, 0.15) is 18.3 Å². The van der Waals surface area contributed by atoms with E-state index in [1.54, 1.807) is 26.0 Å². The second-order valence-corrected chi connectivity index (χ2v) is 9.60. The summed E-state index contributed by atoms with van der Waals surface area (Å²) in [6.07, 6.45) is -3.42. The molecule has 2 aliphatic heterocycles. The molecule has 1 N–H and O–H groups in total. The molecule has 130 valence electrons. The van der Waals surface area contributed by atoms with E-state index in [0.29, 0.717) is 5.52 Å². The normalized spacial score (nSPS) is 32.3. The molecule has 2 saturated heterocycles. The number of thiazole rings is 1. The van der Waals surface area contributed by atoms with Crippen molar-refractivity contribution >= 4 is 31.4 Å². The third kappa shape index (κ3) is 2.75. The Morgan fingerprint density at radius 3 is 2.75 bits per heavy atom. The van der Waals surface area contributed by atoms with Gasteiger partial charge in [-0.1, -0.05) is 12.1 Å². The average molecular weight is 371 g/mol. The number of hydrogen-bond acceptors (Lipinski definition) is 8. The zero-order valence-corrected chi connectivity index (χ0v) is 14.7. The second kappa shape index (κ2) is 5.45. The lowest BCUT2D eigenvalue weighted by Gasteiger charge is -2.22. The van der Waals surface area contributed by atoms with Crippen molar-refractivity contribution in [2.45, 2.75) is 48.6 Å². The summed E-state index contributed by atoms with van der Waals surface area (Å²) in [7, 11) is -3.69. The zero-order valence-electron chi connectivity index (χ0n) is 13.1. The van der Waals surface area contributed by atoms with Crippen LogP contribution in [0.2, 0.25) is 0 Å². The van der Waals surface area contributed by atoms with Gasteiger partial charge in [-0.2, -0.15) is 0 Å². The van der Waals surface area contributed by atoms with Gasteiger partial charge in [-0.25, -0.2) is 13.4 Å². The van der Waals surface area contributed by atoms with Gasteiger partial charge in [-0.3, -0.25) is 0 Å². The summed E-state index contributed by atoms with van der Waals surface area (Å²) < 4.78 is 42.8. The van der Waals surface area contributed by atoms with Gasteiger partial charge in [0, 0.05) is 0 Å². The van der Waals surface area contributed by atoms with Crippen molar-refractivity contribution in [1.29, 1.82) is 0 Å². The van der Waals surface area contributed by atoms with Crippen LogP contribution < -0.4 is 0 Å². The Hall–Kier alpha value is -1.10. The lowest BCUT2D eigenvalue weighted by atomic mass is 10.1. The highest BCUT2D eigenvalue weighted by Crippen LogP contribution is 2.38. The fraction of sp³-hybridized carbons (Fsp3) is 0.533. The van der Waals surface area contributed by atoms with E-state index in [4.69, 9.17) is 14.2 Å². The molecule has 1 aromatic heterocycles. The maximum absolute atomic E-state index is 12.6. The Bertz CT molecular complexity index is 844. The first-order valence-corrected chi connectivity index (χ1v) is 10.00. The molecule has 7 nitrogen and oxygen atoms in total. The van der Waals surface area contributed by atoms with E-state index in [2.05, 4.69) is 4.98 Å². The maximum Gasteiger partial charge on any atom is 0.210 e. The minimum atomic E-state index is -3.69. The number of benzene rings is 1. The molecule has 4 atom stereocenters. The summed E-state index contributed by atoms with van der Waals surface area (Å²) in [5.74, 6) is -1.22. The Kier molecular flexibility index (Phi) is 3.72. The number of ether oxygens (including phenoxy) is 3. The van der Waals surface area contributed by atoms with E-state index in [9.17, 15) is 13.5 Å². The molecule has 0 saturated carbocycles. The van der Waals surface area contributed by atoms with Crippen molar-refractivity contribution in [2.24, 2.45) is 0 Å². The zero-order chi connectivity index (χ0) is 17.1. The van der Waals surface area contributed by atoms with Crippen LogP contribution in [0, 0.1) is 0 Å². The number of sulfone groups is 1. The van der Waals surface area contributed by atoms with E-state index in [-0.39, 0.29) is 10.1 Å². The number of aromatic nitrogens is 1. The van der Waals surface area contributed by atoms with Crippen LogP contribution in [0.15, 0.2) is 28.6 Å². The van der Waals surface area contributed by atoms with Gasteiger partial charge in [-0.15, -0.1) is 11.3 Å². The standard InChI is InChI=1S/C15H17NO6S2/c1-15(2)21-12-11(17)9(20-13(12)22-15)7-24(18,19)14-16-8-5-3-4-6-10(8)23-14/h3-6,9,11-13,17H,7H2,1-2H3/t9-,11+,12-,13-/m1/s1. The van der Waals surface area contributed by atoms with Crippen LogP contribution in [0.4, 0.5) is 0 Å². The summed E-state index contributed by atoms with van der Waals surface area (Å²) >= 11 is 1.11. The Balaban J connectivity index is 1.55. The Labute approximate surface area is 143 Å². The number of aliphatic hydroxyl groups is 1. The van der Waals surface area contributed by atoms with Crippen LogP contribution >= 0.6 is 11.3 Å². The predicted octanol–water partition coefficient (Wildman–Crippen LogP) is 1.31. The summed E-state index contributed by atoms with van der Waals surface area (Å²) in [5, 5.41) is 10.3. The fourth-order valence-electron chi connectivity index (χ4n) is 2.97. The number of fused-ring (bicyclic) bond motifs is 2. The molecule has 9 heteroatoms. The largest absolute Gasteiger partial charge is 0.387 e. The average Bonchev–Trinajstić information content (AvgIpc) is 3.13. The van der Waals surface area contributed by atoms with Crippen molar-refractivity contribution in [3.63, 3.8) is 0 Å². The molecular formula is C15H17NO6S2. The molecule has 3 heterocycles. The monoisotopic (exact) mass is 371 g/mol. The Morgan fingerprint density at radius 2 is 2.04 bits per heavy atom. The van der Waals surface area contributed by atoms with E-state index < -0.39 is 40.2 Å². The van der Waals surface area contributed by atoms with Gasteiger partial charge in [0.2, 0.25) is 14.2 Å². The lowest BCUT2D eigenvalue weighted by molar-refractivity contribution is -0.212. The number of hydrogen-bond donors (Lipinski definition) is 1. The van der Waals surface area contributed by atoms with Gasteiger partial charge >= 0.3 is 0 Å². The number of para-hydroxylation sites is 1. The van der Waals surface area contributed by atoms with Crippen LogP contribution in [0.3, 0.4) is 0 Å². The summed E-state index contributed by atoms with van der Waals surface area (Å²) in [4.78, 5) is 4.18. The minimum Gasteiger partial charge on any atom is -0.387 e. The quantitative estimate of drug-likeness (QED) is 0.869. The van der Waals surface area contributed by atoms with Crippen LogP contribution in [0.25, 0.3) is 10.2 Å². The molecule has 0 bridgehead atoms. The van der Waals surface area contributed by atoms with Crippen molar-refractivity contribution < 1.29 is 27.7 Å². The van der Waals surface area contributed by atoms with Gasteiger partial charge in [0.05, 0.1) is 16.0 Å². The smallest absolute Gasteiger partial charge is 0.210 e. The minimum absolute atomic E-state index is 0.0266. The molecule has 0 radical (unpaired) electrons. The van der Waals surface area contributed by atoms with E-state index in [0.717, 1.165) is 16.0 Å². The Morgan fingerprint density at radius 1 is 1.29 bits per heavy atom. The van der Waals surface area contributed by atoms with E-state index in [1.807, 2.05) is 12.1 Å². The summed E-state index contributed by atoms with van der Waals surface area (Å²) in [5.41, 5.74) is 0.638. The van der Waals surface area contributed by atoms with Crippen molar-refractivity contribution in [3.05, 3.63) is 24.3 Å². The molecule has 24 heavy (non-hydrogen) atoms. The summed E-state index contributed by atoms with van der Waals surface area (Å²) in [6, 6.07) is 7.22. The van der Waals surface area contributed by atoms with Crippen molar-refractivity contribution in [1.82, 2.24) is 4.98 Å². The van der Waals surface area contributed by atoms with Crippen LogP contribution in [0.5, 0.6) is 0 Å². The second-order valence-electron chi connectivity index (χ2n) is 6.36. The first kappa shape index (κ1) is 16.4. The van der Waals surface area contributed by atoms with Crippen molar-refractivity contribution in [3.8, 4) is 0 Å². The van der Waals surface area contributed by atoms with Crippen LogP contribution in [-0.4, -0.2) is 54.7 Å². The molecule has 2 fully saturated rings. The molecule has 2 aromatic rings. The third-order valence-electron chi connectivity index (χ3n) is 4.04. The topological polar surface area (TPSA) is 95.0 Å². The number of rotatable bonds is 3. The highest BCUT2D eigenvalue weighted by molar-refractivity contribution is 7.93. The molecule has 0 spiro atoms. The molecule has 4 rings (SSSR count). The maximum atomic E-state index is 12.6. The molecule has 0 amide bonds. The first-order valence-electron chi connectivity index (χ1n) is 7.53. The highest BCUT2D eigenvalue weighted by atomic mass is 32.2. The molecule has 0 aliphatic carbocycles. The van der Waals surface area contributed by atoms with Crippen molar-refractivity contribution in [2.75, 3.05) is 5.75 Å². The van der Waals surface area contributed by atoms with Crippen LogP contribution in [-0.2, 0) is 24.0 Å². The van der Waals surface area contributed by atoms with Gasteiger partial charge < -0.3 is 19.3 Å². The first-order chi connectivity index (χ1) is 11.3. The van der Waals surface area contributed by atoms with Gasteiger partial charge in [0.15, 0.2) is 12.1 Å². The fourth-order valence-corrected chi connectivity index (χ4v) is 5.73. The number of aliphatic hydroxyl groups excluding tert-OH is 1. The van der Waals surface area contributed by atoms with Gasteiger partial charge in [0.25, 0.3) is 0 Å². The highest BCUT2D eigenvalue weighted by Gasteiger charge is 2.55. The molecular weight excluding hydrogens is 354 g/mol. The molecule has 1 aromatic carbocycles. The predicted molar refractivity (Wildman–Crippen MR) is 86.4 cm³/mol.